The highest BCUT2D eigenvalue weighted by atomic mass is 16.1. The maximum Gasteiger partial charge on any atom is 0.161 e. The average molecular weight is 569 g/mol. The summed E-state index contributed by atoms with van der Waals surface area (Å²) in [5, 5.41) is 0. The van der Waals surface area contributed by atoms with Crippen LogP contribution in [0.4, 0.5) is 0 Å². The average Bonchev–Trinajstić information content (AvgIpc) is 2.88. The van der Waals surface area contributed by atoms with Gasteiger partial charge in [-0.25, -0.2) is 0 Å². The Morgan fingerprint density at radius 3 is 1.81 bits per heavy atom. The molecular weight excluding hydrogens is 512 g/mol. The zero-order valence-corrected chi connectivity index (χ0v) is 28.1. The largest absolute Gasteiger partial charge is 0.300 e. The van der Waals surface area contributed by atoms with Crippen LogP contribution < -0.4 is 0 Å². The minimum Gasteiger partial charge on any atom is -0.300 e. The van der Waals surface area contributed by atoms with Gasteiger partial charge in [-0.3, -0.25) is 4.79 Å². The molecule has 42 heavy (non-hydrogen) atoms. The molecule has 1 unspecified atom stereocenters. The summed E-state index contributed by atoms with van der Waals surface area (Å²) < 4.78 is 0. The molecular formula is C40H56O2. The van der Waals surface area contributed by atoms with E-state index in [0.717, 1.165) is 17.6 Å². The van der Waals surface area contributed by atoms with Crippen LogP contribution in [0.2, 0.25) is 0 Å². The first kappa shape index (κ1) is 36.8. The van der Waals surface area contributed by atoms with Crippen LogP contribution in [0.3, 0.4) is 0 Å². The van der Waals surface area contributed by atoms with Crippen molar-refractivity contribution in [2.45, 2.75) is 101 Å². The lowest BCUT2D eigenvalue weighted by Crippen LogP contribution is -2.26. The molecule has 0 bridgehead atoms. The van der Waals surface area contributed by atoms with E-state index in [1.165, 1.54) is 29.6 Å². The van der Waals surface area contributed by atoms with E-state index < -0.39 is 5.41 Å². The number of rotatable bonds is 15. The Labute approximate surface area is 257 Å². The number of hydrogen-bond acceptors (Lipinski definition) is 2. The summed E-state index contributed by atoms with van der Waals surface area (Å²) in [6.07, 6.45) is 35.7. The molecule has 0 radical (unpaired) electrons. The van der Waals surface area contributed by atoms with Gasteiger partial charge in [-0.15, -0.1) is 0 Å². The monoisotopic (exact) mass is 568 g/mol. The standard InChI is InChI=1S/C40H56O2/c1-31(19-13-21-33(3)25-27-37-35(5)23-15-29-39(37,7)8)17-11-12-18-32(2)20-14-22-34(4)26-28-38(42)40(9,10)30-16-24-36(6)41/h11-14,17-23,25-28,37H,15-16,24,29-30H2,1-10H3. The zero-order valence-electron chi connectivity index (χ0n) is 28.1. The van der Waals surface area contributed by atoms with Crippen molar-refractivity contribution < 1.29 is 9.59 Å². The van der Waals surface area contributed by atoms with Crippen molar-refractivity contribution in [2.75, 3.05) is 0 Å². The third-order valence-corrected chi connectivity index (χ3v) is 7.90. The molecule has 0 amide bonds. The van der Waals surface area contributed by atoms with Crippen LogP contribution in [0.15, 0.2) is 119 Å². The van der Waals surface area contributed by atoms with Crippen molar-refractivity contribution in [3.63, 3.8) is 0 Å². The van der Waals surface area contributed by atoms with Gasteiger partial charge in [0.1, 0.15) is 5.78 Å². The summed E-state index contributed by atoms with van der Waals surface area (Å²) in [6.45, 7) is 20.8. The first-order valence-corrected chi connectivity index (χ1v) is 15.4. The summed E-state index contributed by atoms with van der Waals surface area (Å²) in [6, 6.07) is 0. The van der Waals surface area contributed by atoms with E-state index in [1.54, 1.807) is 13.0 Å². The lowest BCUT2D eigenvalue weighted by molar-refractivity contribution is -0.123. The Bertz CT molecular complexity index is 1230. The number of carbonyl (C=O) groups excluding carboxylic acids is 2. The van der Waals surface area contributed by atoms with Gasteiger partial charge in [-0.05, 0) is 78.7 Å². The van der Waals surface area contributed by atoms with Gasteiger partial charge < -0.3 is 4.79 Å². The minimum atomic E-state index is -0.452. The van der Waals surface area contributed by atoms with Crippen LogP contribution in [0.5, 0.6) is 0 Å². The second-order valence-electron chi connectivity index (χ2n) is 13.2. The molecule has 228 valence electrons. The third kappa shape index (κ3) is 15.1. The van der Waals surface area contributed by atoms with Gasteiger partial charge in [0.05, 0.1) is 0 Å². The lowest BCUT2D eigenvalue weighted by Gasteiger charge is -2.36. The molecule has 0 saturated carbocycles. The van der Waals surface area contributed by atoms with Gasteiger partial charge in [0.2, 0.25) is 0 Å². The molecule has 0 fully saturated rings. The normalized spacial score (nSPS) is 19.7. The van der Waals surface area contributed by atoms with Gasteiger partial charge in [-0.2, -0.15) is 0 Å². The Morgan fingerprint density at radius 1 is 0.786 bits per heavy atom. The lowest BCUT2D eigenvalue weighted by atomic mass is 9.68. The molecule has 0 spiro atoms. The Balaban J connectivity index is 2.60. The summed E-state index contributed by atoms with van der Waals surface area (Å²) >= 11 is 0. The van der Waals surface area contributed by atoms with Crippen molar-refractivity contribution in [1.29, 1.82) is 0 Å². The highest BCUT2D eigenvalue weighted by molar-refractivity contribution is 5.94. The molecule has 0 aliphatic heterocycles. The molecule has 0 aromatic heterocycles. The SMILES string of the molecule is CC(=O)CCCC(C)(C)C(=O)C=CC(C)=CC=CC(C)=CC=CC=C(C)C=CC=C(C)C=CC1C(C)=CCCC1(C)C. The molecule has 2 nitrogen and oxygen atoms in total. The summed E-state index contributed by atoms with van der Waals surface area (Å²) in [5.41, 5.74) is 5.96. The highest BCUT2D eigenvalue weighted by Gasteiger charge is 2.30. The van der Waals surface area contributed by atoms with Crippen molar-refractivity contribution in [2.24, 2.45) is 16.7 Å². The summed E-state index contributed by atoms with van der Waals surface area (Å²) in [7, 11) is 0. The predicted octanol–water partition coefficient (Wildman–Crippen LogP) is 11.3. The minimum absolute atomic E-state index is 0.0942. The zero-order chi connectivity index (χ0) is 31.8. The van der Waals surface area contributed by atoms with E-state index in [2.05, 4.69) is 102 Å². The molecule has 0 heterocycles. The fourth-order valence-electron chi connectivity index (χ4n) is 4.91. The molecule has 1 rings (SSSR count). The van der Waals surface area contributed by atoms with Gasteiger partial charge in [0, 0.05) is 17.8 Å². The second kappa shape index (κ2) is 18.3. The third-order valence-electron chi connectivity index (χ3n) is 7.90. The van der Waals surface area contributed by atoms with E-state index in [4.69, 9.17) is 0 Å². The van der Waals surface area contributed by atoms with Crippen molar-refractivity contribution >= 4 is 11.6 Å². The second-order valence-corrected chi connectivity index (χ2v) is 13.2. The smallest absolute Gasteiger partial charge is 0.161 e. The molecule has 0 aromatic rings. The van der Waals surface area contributed by atoms with E-state index in [1.807, 2.05) is 45.1 Å². The first-order chi connectivity index (χ1) is 19.6. The molecule has 1 aliphatic rings. The van der Waals surface area contributed by atoms with Crippen LogP contribution in [0.25, 0.3) is 0 Å². The molecule has 0 aromatic carbocycles. The van der Waals surface area contributed by atoms with Crippen molar-refractivity contribution in [3.05, 3.63) is 119 Å². The van der Waals surface area contributed by atoms with Gasteiger partial charge in [0.15, 0.2) is 5.78 Å². The highest BCUT2D eigenvalue weighted by Crippen LogP contribution is 2.41. The maximum absolute atomic E-state index is 12.6. The molecule has 0 saturated heterocycles. The summed E-state index contributed by atoms with van der Waals surface area (Å²) in [4.78, 5) is 23.7. The van der Waals surface area contributed by atoms with Gasteiger partial charge >= 0.3 is 0 Å². The van der Waals surface area contributed by atoms with Crippen LogP contribution in [0.1, 0.15) is 101 Å². The quantitative estimate of drug-likeness (QED) is 0.112. The predicted molar refractivity (Wildman–Crippen MR) is 184 cm³/mol. The molecule has 0 N–H and O–H groups in total. The molecule has 1 atom stereocenters. The van der Waals surface area contributed by atoms with Gasteiger partial charge in [0.25, 0.3) is 0 Å². The van der Waals surface area contributed by atoms with Crippen LogP contribution in [-0.4, -0.2) is 11.6 Å². The topological polar surface area (TPSA) is 34.1 Å². The van der Waals surface area contributed by atoms with Crippen LogP contribution in [-0.2, 0) is 9.59 Å². The van der Waals surface area contributed by atoms with Crippen LogP contribution >= 0.6 is 0 Å². The van der Waals surface area contributed by atoms with E-state index in [9.17, 15) is 9.59 Å². The summed E-state index contributed by atoms with van der Waals surface area (Å²) in [5.74, 6) is 0.779. The number of carbonyl (C=O) groups is 2. The Kier molecular flexibility index (Phi) is 16.0. The fourth-order valence-corrected chi connectivity index (χ4v) is 4.91. The first-order valence-electron chi connectivity index (χ1n) is 15.4. The maximum atomic E-state index is 12.6. The van der Waals surface area contributed by atoms with Gasteiger partial charge in [-0.1, -0.05) is 141 Å². The number of ketones is 2. The van der Waals surface area contributed by atoms with E-state index >= 15 is 0 Å². The van der Waals surface area contributed by atoms with Crippen LogP contribution in [0, 0.1) is 16.7 Å². The van der Waals surface area contributed by atoms with E-state index in [0.29, 0.717) is 24.2 Å². The van der Waals surface area contributed by atoms with Crippen molar-refractivity contribution in [1.82, 2.24) is 0 Å². The fraction of sp³-hybridized carbons (Fsp3) is 0.450. The van der Waals surface area contributed by atoms with E-state index in [-0.39, 0.29) is 11.6 Å². The number of allylic oxidation sites excluding steroid dienone is 20. The van der Waals surface area contributed by atoms with Crippen molar-refractivity contribution in [3.8, 4) is 0 Å². The number of Topliss-reactive ketones (excluding diaryl/α,β-unsaturated/α-hetero) is 1. The molecule has 1 aliphatic carbocycles. The number of hydrogen-bond donors (Lipinski definition) is 0. The Hall–Kier alpha value is -3.26. The molecule has 2 heteroatoms. The Morgan fingerprint density at radius 2 is 1.29 bits per heavy atom.